The van der Waals surface area contributed by atoms with Gasteiger partial charge in [0.05, 0.1) is 6.20 Å². The Labute approximate surface area is 130 Å². The average Bonchev–Trinajstić information content (AvgIpc) is 2.93. The number of amides is 1. The zero-order valence-corrected chi connectivity index (χ0v) is 13.1. The van der Waals surface area contributed by atoms with Crippen molar-refractivity contribution >= 4 is 5.91 Å². The topological polar surface area (TPSA) is 78.0 Å². The molecule has 0 bridgehead atoms. The maximum absolute atomic E-state index is 12.1. The Balaban J connectivity index is 1.77. The Kier molecular flexibility index (Phi) is 5.20. The fourth-order valence-corrected chi connectivity index (χ4v) is 2.48. The van der Waals surface area contributed by atoms with E-state index in [1.807, 2.05) is 32.2 Å². The SMILES string of the molecule is CC(C)(Cc1ccc(O)cc1)NC(=O)CCCc1cn[nH]c1. The summed E-state index contributed by atoms with van der Waals surface area (Å²) in [6.45, 7) is 4.02. The summed E-state index contributed by atoms with van der Waals surface area (Å²) >= 11 is 0. The van der Waals surface area contributed by atoms with Gasteiger partial charge < -0.3 is 10.4 Å². The lowest BCUT2D eigenvalue weighted by molar-refractivity contribution is -0.122. The van der Waals surface area contributed by atoms with E-state index in [4.69, 9.17) is 0 Å². The number of phenols is 1. The number of aromatic amines is 1. The van der Waals surface area contributed by atoms with Gasteiger partial charge in [-0.2, -0.15) is 5.10 Å². The van der Waals surface area contributed by atoms with Crippen LogP contribution in [0.4, 0.5) is 0 Å². The number of rotatable bonds is 7. The summed E-state index contributed by atoms with van der Waals surface area (Å²) in [6, 6.07) is 7.08. The van der Waals surface area contributed by atoms with Gasteiger partial charge in [-0.1, -0.05) is 12.1 Å². The van der Waals surface area contributed by atoms with Gasteiger partial charge in [-0.25, -0.2) is 0 Å². The normalized spacial score (nSPS) is 11.4. The summed E-state index contributed by atoms with van der Waals surface area (Å²) < 4.78 is 0. The molecule has 5 heteroatoms. The number of nitrogens with one attached hydrogen (secondary N) is 2. The van der Waals surface area contributed by atoms with Gasteiger partial charge in [-0.15, -0.1) is 0 Å². The quantitative estimate of drug-likeness (QED) is 0.735. The number of benzene rings is 1. The van der Waals surface area contributed by atoms with Crippen LogP contribution in [0.3, 0.4) is 0 Å². The molecule has 0 unspecified atom stereocenters. The summed E-state index contributed by atoms with van der Waals surface area (Å²) in [4.78, 5) is 12.1. The summed E-state index contributed by atoms with van der Waals surface area (Å²) in [6.07, 6.45) is 6.52. The number of aromatic nitrogens is 2. The third kappa shape index (κ3) is 5.24. The predicted molar refractivity (Wildman–Crippen MR) is 85.6 cm³/mol. The predicted octanol–water partition coefficient (Wildman–Crippen LogP) is 2.58. The molecule has 0 aliphatic carbocycles. The molecule has 1 aromatic carbocycles. The van der Waals surface area contributed by atoms with Crippen LogP contribution < -0.4 is 5.32 Å². The second-order valence-electron chi connectivity index (χ2n) is 6.24. The maximum Gasteiger partial charge on any atom is 0.220 e. The van der Waals surface area contributed by atoms with Crippen LogP contribution in [-0.2, 0) is 17.6 Å². The Morgan fingerprint density at radius 1 is 1.27 bits per heavy atom. The van der Waals surface area contributed by atoms with E-state index in [9.17, 15) is 9.90 Å². The first-order valence-corrected chi connectivity index (χ1v) is 7.51. The van der Waals surface area contributed by atoms with Crippen LogP contribution in [0.5, 0.6) is 5.75 Å². The molecule has 0 saturated heterocycles. The van der Waals surface area contributed by atoms with Crippen LogP contribution in [0.2, 0.25) is 0 Å². The molecule has 1 aromatic heterocycles. The number of carbonyl (C=O) groups excluding carboxylic acids is 1. The number of nitrogens with zero attached hydrogens (tertiary/aromatic N) is 1. The summed E-state index contributed by atoms with van der Waals surface area (Å²) in [5.74, 6) is 0.317. The number of H-pyrrole nitrogens is 1. The van der Waals surface area contributed by atoms with E-state index in [0.29, 0.717) is 6.42 Å². The molecule has 5 nitrogen and oxygen atoms in total. The maximum atomic E-state index is 12.1. The van der Waals surface area contributed by atoms with Crippen molar-refractivity contribution < 1.29 is 9.90 Å². The van der Waals surface area contributed by atoms with Gasteiger partial charge in [0.1, 0.15) is 5.75 Å². The summed E-state index contributed by atoms with van der Waals surface area (Å²) in [5.41, 5.74) is 1.89. The highest BCUT2D eigenvalue weighted by Gasteiger charge is 2.20. The van der Waals surface area contributed by atoms with Gasteiger partial charge in [0.2, 0.25) is 5.91 Å². The first-order chi connectivity index (χ1) is 10.4. The molecule has 2 rings (SSSR count). The Bertz CT molecular complexity index is 589. The van der Waals surface area contributed by atoms with E-state index in [0.717, 1.165) is 30.4 Å². The third-order valence-corrected chi connectivity index (χ3v) is 3.48. The highest BCUT2D eigenvalue weighted by Crippen LogP contribution is 2.16. The number of aryl methyl sites for hydroxylation is 1. The monoisotopic (exact) mass is 301 g/mol. The first-order valence-electron chi connectivity index (χ1n) is 7.51. The van der Waals surface area contributed by atoms with Crippen molar-refractivity contribution in [2.45, 2.75) is 45.1 Å². The molecule has 0 atom stereocenters. The molecular formula is C17H23N3O2. The number of hydrogen-bond donors (Lipinski definition) is 3. The lowest BCUT2D eigenvalue weighted by Gasteiger charge is -2.26. The van der Waals surface area contributed by atoms with Crippen molar-refractivity contribution in [3.8, 4) is 5.75 Å². The number of hydrogen-bond acceptors (Lipinski definition) is 3. The molecule has 0 spiro atoms. The number of phenolic OH excluding ortho intramolecular Hbond substituents is 1. The van der Waals surface area contributed by atoms with Crippen LogP contribution in [0.1, 0.15) is 37.8 Å². The van der Waals surface area contributed by atoms with Gasteiger partial charge in [0.25, 0.3) is 0 Å². The van der Waals surface area contributed by atoms with E-state index in [-0.39, 0.29) is 17.2 Å². The van der Waals surface area contributed by atoms with Crippen molar-refractivity contribution in [1.29, 1.82) is 0 Å². The second-order valence-corrected chi connectivity index (χ2v) is 6.24. The molecule has 118 valence electrons. The van der Waals surface area contributed by atoms with Crippen LogP contribution in [0, 0.1) is 0 Å². The van der Waals surface area contributed by atoms with E-state index in [1.165, 1.54) is 0 Å². The van der Waals surface area contributed by atoms with Crippen LogP contribution in [0.15, 0.2) is 36.7 Å². The number of carbonyl (C=O) groups is 1. The van der Waals surface area contributed by atoms with Crippen molar-refractivity contribution in [2.24, 2.45) is 0 Å². The molecule has 0 fully saturated rings. The molecule has 3 N–H and O–H groups in total. The minimum atomic E-state index is -0.316. The van der Waals surface area contributed by atoms with Crippen LogP contribution in [0.25, 0.3) is 0 Å². The molecule has 0 radical (unpaired) electrons. The van der Waals surface area contributed by atoms with Gasteiger partial charge in [0, 0.05) is 18.2 Å². The largest absolute Gasteiger partial charge is 0.508 e. The van der Waals surface area contributed by atoms with Gasteiger partial charge in [-0.3, -0.25) is 9.89 Å². The van der Waals surface area contributed by atoms with Crippen LogP contribution >= 0.6 is 0 Å². The van der Waals surface area contributed by atoms with E-state index >= 15 is 0 Å². The van der Waals surface area contributed by atoms with Crippen molar-refractivity contribution in [2.75, 3.05) is 0 Å². The van der Waals surface area contributed by atoms with Gasteiger partial charge in [0.15, 0.2) is 0 Å². The average molecular weight is 301 g/mol. The number of aromatic hydroxyl groups is 1. The molecule has 0 aliphatic rings. The highest BCUT2D eigenvalue weighted by atomic mass is 16.3. The molecule has 2 aromatic rings. The smallest absolute Gasteiger partial charge is 0.220 e. The minimum Gasteiger partial charge on any atom is -0.508 e. The fourth-order valence-electron chi connectivity index (χ4n) is 2.48. The standard InChI is InChI=1S/C17H23N3O2/c1-17(2,10-13-6-8-15(21)9-7-13)20-16(22)5-3-4-14-11-18-19-12-14/h6-9,11-12,21H,3-5,10H2,1-2H3,(H,18,19)(H,20,22). The van der Waals surface area contributed by atoms with Gasteiger partial charge >= 0.3 is 0 Å². The summed E-state index contributed by atoms with van der Waals surface area (Å²) in [5, 5.41) is 19.0. The Hall–Kier alpha value is -2.30. The Morgan fingerprint density at radius 2 is 2.00 bits per heavy atom. The molecule has 0 aliphatic heterocycles. The van der Waals surface area contributed by atoms with E-state index in [2.05, 4.69) is 15.5 Å². The zero-order chi connectivity index (χ0) is 16.0. The highest BCUT2D eigenvalue weighted by molar-refractivity contribution is 5.76. The molecular weight excluding hydrogens is 278 g/mol. The van der Waals surface area contributed by atoms with Crippen LogP contribution in [-0.4, -0.2) is 26.7 Å². The molecule has 1 heterocycles. The molecule has 1 amide bonds. The fraction of sp³-hybridized carbons (Fsp3) is 0.412. The third-order valence-electron chi connectivity index (χ3n) is 3.48. The minimum absolute atomic E-state index is 0.0623. The summed E-state index contributed by atoms with van der Waals surface area (Å²) in [7, 11) is 0. The van der Waals surface area contributed by atoms with E-state index in [1.54, 1.807) is 18.3 Å². The van der Waals surface area contributed by atoms with Crippen molar-refractivity contribution in [1.82, 2.24) is 15.5 Å². The van der Waals surface area contributed by atoms with Gasteiger partial charge in [-0.05, 0) is 56.4 Å². The zero-order valence-electron chi connectivity index (χ0n) is 13.1. The lowest BCUT2D eigenvalue weighted by atomic mass is 9.94. The van der Waals surface area contributed by atoms with E-state index < -0.39 is 0 Å². The first kappa shape index (κ1) is 16.1. The van der Waals surface area contributed by atoms with Crippen molar-refractivity contribution in [3.05, 3.63) is 47.8 Å². The Morgan fingerprint density at radius 3 is 2.64 bits per heavy atom. The molecule has 0 saturated carbocycles. The molecule has 22 heavy (non-hydrogen) atoms. The van der Waals surface area contributed by atoms with Crippen molar-refractivity contribution in [3.63, 3.8) is 0 Å². The lowest BCUT2D eigenvalue weighted by Crippen LogP contribution is -2.45. The second kappa shape index (κ2) is 7.11.